The second-order valence-electron chi connectivity index (χ2n) is 9.97. The summed E-state index contributed by atoms with van der Waals surface area (Å²) in [7, 11) is 2.14. The van der Waals surface area contributed by atoms with E-state index in [-0.39, 0.29) is 0 Å². The van der Waals surface area contributed by atoms with E-state index in [1.54, 1.807) is 12.1 Å². The number of aryl methyl sites for hydroxylation is 1. The van der Waals surface area contributed by atoms with Crippen molar-refractivity contribution in [3.8, 4) is 11.1 Å². The normalized spacial score (nSPS) is 11.5. The molecule has 4 nitrogen and oxygen atoms in total. The molecule has 0 unspecified atom stereocenters. The molecule has 0 amide bonds. The van der Waals surface area contributed by atoms with Gasteiger partial charge in [0, 0.05) is 41.0 Å². The van der Waals surface area contributed by atoms with Gasteiger partial charge in [-0.25, -0.2) is 4.79 Å². The van der Waals surface area contributed by atoms with Crippen LogP contribution in [-0.2, 0) is 13.6 Å². The number of fused-ring (bicyclic) bond motifs is 4. The van der Waals surface area contributed by atoms with Crippen LogP contribution in [0.5, 0.6) is 0 Å². The highest BCUT2D eigenvalue weighted by Gasteiger charge is 2.26. The molecule has 0 aliphatic rings. The summed E-state index contributed by atoms with van der Waals surface area (Å²) in [6.07, 6.45) is 0. The third-order valence-corrected chi connectivity index (χ3v) is 7.79. The maximum Gasteiger partial charge on any atom is 0.335 e. The number of carboxylic acid groups (broad SMARTS) is 1. The van der Waals surface area contributed by atoms with E-state index in [1.165, 1.54) is 43.7 Å². The largest absolute Gasteiger partial charge is 0.478 e. The van der Waals surface area contributed by atoms with E-state index in [0.29, 0.717) is 12.1 Å². The summed E-state index contributed by atoms with van der Waals surface area (Å²) < 4.78 is 4.62. The molecule has 0 atom stereocenters. The van der Waals surface area contributed by atoms with E-state index in [2.05, 4.69) is 113 Å². The summed E-state index contributed by atoms with van der Waals surface area (Å²) in [6.45, 7) is 0.631. The Morgan fingerprint density at radius 3 is 1.38 bits per heavy atom. The van der Waals surface area contributed by atoms with Crippen molar-refractivity contribution in [2.45, 2.75) is 6.54 Å². The fraction of sp³-hybridized carbons (Fsp3) is 0.0571. The molecular formula is C35H26N2O2+2. The van der Waals surface area contributed by atoms with Gasteiger partial charge in [0.1, 0.15) is 7.05 Å². The number of carboxylic acids is 1. The van der Waals surface area contributed by atoms with Gasteiger partial charge in [-0.3, -0.25) is 0 Å². The first-order valence-corrected chi connectivity index (χ1v) is 13.1. The monoisotopic (exact) mass is 506 g/mol. The Hall–Kier alpha value is -5.09. The van der Waals surface area contributed by atoms with Crippen LogP contribution in [0.1, 0.15) is 15.9 Å². The molecule has 0 saturated heterocycles. The standard InChI is InChI=1S/C35H25N2O2/c1-36-29-14-6-2-10-25(29)33(26-11-3-7-15-30(26)36)34-27-12-4-8-16-31(27)37(32-17-9-5-13-28(32)34)22-23-18-20-24(21-19-23)35(38)39/h2-21H,22H2,1H3/q+1/p+1. The number of pyridine rings is 2. The number of carbonyl (C=O) groups is 1. The molecule has 5 aromatic carbocycles. The minimum Gasteiger partial charge on any atom is -0.478 e. The highest BCUT2D eigenvalue weighted by Crippen LogP contribution is 2.41. The van der Waals surface area contributed by atoms with E-state index in [1.807, 2.05) is 12.1 Å². The fourth-order valence-corrected chi connectivity index (χ4v) is 5.99. The number of para-hydroxylation sites is 4. The average molecular weight is 507 g/mol. The Morgan fingerprint density at radius 1 is 0.564 bits per heavy atom. The minimum atomic E-state index is -0.912. The molecule has 7 aromatic rings. The van der Waals surface area contributed by atoms with Gasteiger partial charge in [0.25, 0.3) is 0 Å². The molecule has 4 heteroatoms. The Balaban J connectivity index is 1.60. The van der Waals surface area contributed by atoms with Crippen LogP contribution in [0.3, 0.4) is 0 Å². The van der Waals surface area contributed by atoms with E-state index >= 15 is 0 Å². The van der Waals surface area contributed by atoms with Crippen molar-refractivity contribution in [1.82, 2.24) is 0 Å². The number of hydrogen-bond acceptors (Lipinski definition) is 1. The van der Waals surface area contributed by atoms with Gasteiger partial charge >= 0.3 is 5.97 Å². The van der Waals surface area contributed by atoms with E-state index in [9.17, 15) is 9.90 Å². The van der Waals surface area contributed by atoms with Crippen LogP contribution in [0.25, 0.3) is 54.7 Å². The second kappa shape index (κ2) is 9.03. The van der Waals surface area contributed by atoms with E-state index < -0.39 is 5.97 Å². The van der Waals surface area contributed by atoms with Crippen molar-refractivity contribution < 1.29 is 19.0 Å². The average Bonchev–Trinajstić information content (AvgIpc) is 2.98. The van der Waals surface area contributed by atoms with Gasteiger partial charge in [0.05, 0.1) is 27.1 Å². The van der Waals surface area contributed by atoms with Crippen LogP contribution in [-0.4, -0.2) is 11.1 Å². The highest BCUT2D eigenvalue weighted by atomic mass is 16.4. The number of benzene rings is 5. The Morgan fingerprint density at radius 2 is 0.949 bits per heavy atom. The molecule has 186 valence electrons. The number of rotatable bonds is 4. The Bertz CT molecular complexity index is 1960. The van der Waals surface area contributed by atoms with Gasteiger partial charge in [0.2, 0.25) is 22.1 Å². The molecule has 39 heavy (non-hydrogen) atoms. The molecule has 0 bridgehead atoms. The quantitative estimate of drug-likeness (QED) is 0.210. The predicted octanol–water partition coefficient (Wildman–Crippen LogP) is 6.82. The van der Waals surface area contributed by atoms with Crippen LogP contribution >= 0.6 is 0 Å². The van der Waals surface area contributed by atoms with Crippen molar-refractivity contribution in [3.63, 3.8) is 0 Å². The molecule has 0 radical (unpaired) electrons. The van der Waals surface area contributed by atoms with Crippen LogP contribution in [0.15, 0.2) is 121 Å². The molecule has 0 aliphatic carbocycles. The summed E-state index contributed by atoms with van der Waals surface area (Å²) >= 11 is 0. The zero-order chi connectivity index (χ0) is 26.5. The maximum absolute atomic E-state index is 11.4. The summed E-state index contributed by atoms with van der Waals surface area (Å²) in [5, 5.41) is 14.2. The van der Waals surface area contributed by atoms with Crippen LogP contribution < -0.4 is 9.13 Å². The number of aromatic nitrogens is 2. The van der Waals surface area contributed by atoms with Crippen LogP contribution in [0, 0.1) is 0 Å². The highest BCUT2D eigenvalue weighted by molar-refractivity contribution is 6.18. The molecule has 0 spiro atoms. The minimum absolute atomic E-state index is 0.296. The van der Waals surface area contributed by atoms with E-state index in [4.69, 9.17) is 0 Å². The SMILES string of the molecule is C[n+]1c2ccccc2c(-c2c3ccccc3[n+](Cc3ccc(C(=O)O)cc3)c3ccccc23)c2ccccc21. The van der Waals surface area contributed by atoms with Gasteiger partial charge in [-0.05, 0) is 36.4 Å². The molecule has 0 fully saturated rings. The first kappa shape index (κ1) is 23.1. The summed E-state index contributed by atoms with van der Waals surface area (Å²) in [6, 6.07) is 41.7. The Labute approximate surface area is 225 Å². The molecule has 1 N–H and O–H groups in total. The third-order valence-electron chi connectivity index (χ3n) is 7.79. The number of hydrogen-bond donors (Lipinski definition) is 1. The molecule has 0 saturated carbocycles. The van der Waals surface area contributed by atoms with Gasteiger partial charge in [-0.15, -0.1) is 0 Å². The van der Waals surface area contributed by atoms with Crippen molar-refractivity contribution in [1.29, 1.82) is 0 Å². The zero-order valence-corrected chi connectivity index (χ0v) is 21.5. The van der Waals surface area contributed by atoms with Gasteiger partial charge in [-0.2, -0.15) is 9.13 Å². The van der Waals surface area contributed by atoms with Gasteiger partial charge < -0.3 is 5.11 Å². The van der Waals surface area contributed by atoms with Crippen molar-refractivity contribution >= 4 is 49.6 Å². The van der Waals surface area contributed by atoms with Gasteiger partial charge in [-0.1, -0.05) is 60.7 Å². The molecule has 2 aromatic heterocycles. The lowest BCUT2D eigenvalue weighted by Gasteiger charge is -2.16. The maximum atomic E-state index is 11.4. The lowest BCUT2D eigenvalue weighted by atomic mass is 9.90. The first-order chi connectivity index (χ1) is 19.1. The predicted molar refractivity (Wildman–Crippen MR) is 156 cm³/mol. The van der Waals surface area contributed by atoms with Crippen molar-refractivity contribution in [2.75, 3.05) is 0 Å². The molecule has 7 rings (SSSR count). The summed E-state index contributed by atoms with van der Waals surface area (Å²) in [5.74, 6) is -0.912. The lowest BCUT2D eigenvalue weighted by molar-refractivity contribution is -0.635. The molecular weight excluding hydrogens is 480 g/mol. The molecule has 0 aliphatic heterocycles. The molecule has 2 heterocycles. The van der Waals surface area contributed by atoms with Gasteiger partial charge in [0.15, 0.2) is 6.54 Å². The smallest absolute Gasteiger partial charge is 0.335 e. The summed E-state index contributed by atoms with van der Waals surface area (Å²) in [4.78, 5) is 11.4. The third kappa shape index (κ3) is 3.64. The van der Waals surface area contributed by atoms with Crippen molar-refractivity contribution in [2.24, 2.45) is 7.05 Å². The topological polar surface area (TPSA) is 45.1 Å². The van der Waals surface area contributed by atoms with Crippen LogP contribution in [0.4, 0.5) is 0 Å². The lowest BCUT2D eigenvalue weighted by Crippen LogP contribution is -2.36. The van der Waals surface area contributed by atoms with Crippen molar-refractivity contribution in [3.05, 3.63) is 132 Å². The Kier molecular flexibility index (Phi) is 5.34. The van der Waals surface area contributed by atoms with Crippen LogP contribution in [0.2, 0.25) is 0 Å². The first-order valence-electron chi connectivity index (χ1n) is 13.1. The fourth-order valence-electron chi connectivity index (χ4n) is 5.99. The number of aromatic carboxylic acids is 1. The van der Waals surface area contributed by atoms with E-state index in [0.717, 1.165) is 16.6 Å². The zero-order valence-electron chi connectivity index (χ0n) is 21.5. The second-order valence-corrected chi connectivity index (χ2v) is 9.97. The summed E-state index contributed by atoms with van der Waals surface area (Å²) in [5.41, 5.74) is 8.46. The number of nitrogens with zero attached hydrogens (tertiary/aromatic N) is 2.